The van der Waals surface area contributed by atoms with E-state index in [2.05, 4.69) is 47.8 Å². The maximum absolute atomic E-state index is 3.25. The van der Waals surface area contributed by atoms with Gasteiger partial charge in [0.2, 0.25) is 0 Å². The molecule has 1 N–H and O–H groups in total. The third-order valence-corrected chi connectivity index (χ3v) is 4.55. The van der Waals surface area contributed by atoms with Crippen molar-refractivity contribution in [2.45, 2.75) is 38.5 Å². The van der Waals surface area contributed by atoms with Gasteiger partial charge >= 0.3 is 0 Å². The Bertz CT molecular complexity index is 583. The van der Waals surface area contributed by atoms with Crippen LogP contribution in [-0.4, -0.2) is 13.6 Å². The average molecular weight is 279 g/mol. The van der Waals surface area contributed by atoms with E-state index < -0.39 is 0 Å². The molecule has 0 amide bonds. The molecule has 0 saturated carbocycles. The van der Waals surface area contributed by atoms with Crippen LogP contribution in [0.4, 0.5) is 0 Å². The summed E-state index contributed by atoms with van der Waals surface area (Å²) in [6.45, 7) is 1.10. The summed E-state index contributed by atoms with van der Waals surface area (Å²) in [6, 6.07) is 16.4. The molecular formula is C20H25N. The molecule has 0 atom stereocenters. The van der Waals surface area contributed by atoms with Crippen LogP contribution in [0.1, 0.15) is 34.2 Å². The lowest BCUT2D eigenvalue weighted by molar-refractivity contribution is 0.718. The molecule has 1 nitrogen and oxygen atoms in total. The molecule has 1 heteroatoms. The number of rotatable bonds is 4. The highest BCUT2D eigenvalue weighted by Gasteiger charge is 2.07. The fourth-order valence-corrected chi connectivity index (χ4v) is 3.21. The van der Waals surface area contributed by atoms with E-state index in [1.165, 1.54) is 29.5 Å². The number of nitrogens with one attached hydrogen (secondary N) is 1. The fourth-order valence-electron chi connectivity index (χ4n) is 3.21. The summed E-state index contributed by atoms with van der Waals surface area (Å²) in [7, 11) is 2.03. The van der Waals surface area contributed by atoms with E-state index in [4.69, 9.17) is 0 Å². The zero-order valence-electron chi connectivity index (χ0n) is 13.0. The van der Waals surface area contributed by atoms with E-state index in [9.17, 15) is 0 Å². The number of hydrogen-bond acceptors (Lipinski definition) is 1. The lowest BCUT2D eigenvalue weighted by Gasteiger charge is -2.14. The molecule has 110 valence electrons. The third kappa shape index (κ3) is 3.74. The summed E-state index contributed by atoms with van der Waals surface area (Å²) in [5.41, 5.74) is 7.52. The van der Waals surface area contributed by atoms with E-state index in [0.717, 1.165) is 32.2 Å². The molecule has 0 radical (unpaired) electrons. The van der Waals surface area contributed by atoms with E-state index in [0.29, 0.717) is 0 Å². The van der Waals surface area contributed by atoms with Crippen molar-refractivity contribution in [3.8, 4) is 0 Å². The van der Waals surface area contributed by atoms with Crippen LogP contribution in [0.3, 0.4) is 0 Å². The summed E-state index contributed by atoms with van der Waals surface area (Å²) < 4.78 is 0. The van der Waals surface area contributed by atoms with Gasteiger partial charge in [0.1, 0.15) is 0 Å². The first-order chi connectivity index (χ1) is 10.3. The van der Waals surface area contributed by atoms with Gasteiger partial charge in [-0.05, 0) is 79.9 Å². The summed E-state index contributed by atoms with van der Waals surface area (Å²) >= 11 is 0. The topological polar surface area (TPSA) is 12.0 Å². The van der Waals surface area contributed by atoms with Crippen molar-refractivity contribution in [1.29, 1.82) is 0 Å². The van der Waals surface area contributed by atoms with E-state index in [1.807, 2.05) is 7.05 Å². The van der Waals surface area contributed by atoms with Crippen LogP contribution in [0.25, 0.3) is 0 Å². The summed E-state index contributed by atoms with van der Waals surface area (Å²) in [4.78, 5) is 0. The van der Waals surface area contributed by atoms with Crippen LogP contribution in [0.15, 0.2) is 42.5 Å². The largest absolute Gasteiger partial charge is 0.320 e. The van der Waals surface area contributed by atoms with Crippen LogP contribution in [0.2, 0.25) is 0 Å². The molecule has 21 heavy (non-hydrogen) atoms. The molecule has 0 aliphatic heterocycles. The minimum atomic E-state index is 1.10. The van der Waals surface area contributed by atoms with Crippen molar-refractivity contribution in [1.82, 2.24) is 5.32 Å². The van der Waals surface area contributed by atoms with E-state index in [1.54, 1.807) is 11.1 Å². The van der Waals surface area contributed by atoms with Gasteiger partial charge in [-0.2, -0.15) is 0 Å². The molecular weight excluding hydrogens is 254 g/mol. The van der Waals surface area contributed by atoms with Gasteiger partial charge in [-0.25, -0.2) is 0 Å². The van der Waals surface area contributed by atoms with Crippen molar-refractivity contribution >= 4 is 0 Å². The second kappa shape index (κ2) is 6.91. The number of hydrogen-bond donors (Lipinski definition) is 1. The quantitative estimate of drug-likeness (QED) is 0.841. The van der Waals surface area contributed by atoms with Gasteiger partial charge < -0.3 is 5.32 Å². The predicted molar refractivity (Wildman–Crippen MR) is 89.9 cm³/mol. The van der Waals surface area contributed by atoms with Crippen molar-refractivity contribution in [3.05, 3.63) is 70.3 Å². The van der Waals surface area contributed by atoms with Gasteiger partial charge in [0, 0.05) is 0 Å². The molecule has 2 aromatic rings. The first-order valence-corrected chi connectivity index (χ1v) is 8.18. The van der Waals surface area contributed by atoms with Gasteiger partial charge in [0.15, 0.2) is 0 Å². The Kier molecular flexibility index (Phi) is 4.72. The Balaban J connectivity index is 1.85. The first-order valence-electron chi connectivity index (χ1n) is 8.18. The molecule has 0 fully saturated rings. The SMILES string of the molecule is CNCCCc1cc2ccc1CCc1ccc(cc1)CC2. The summed E-state index contributed by atoms with van der Waals surface area (Å²) in [5, 5.41) is 3.25. The molecule has 0 aromatic heterocycles. The molecule has 4 aliphatic carbocycles. The summed E-state index contributed by atoms with van der Waals surface area (Å²) in [6.07, 6.45) is 7.03. The van der Waals surface area contributed by atoms with Crippen molar-refractivity contribution < 1.29 is 0 Å². The van der Waals surface area contributed by atoms with Crippen LogP contribution < -0.4 is 5.32 Å². The maximum Gasteiger partial charge on any atom is -0.00488 e. The predicted octanol–water partition coefficient (Wildman–Crippen LogP) is 3.72. The second-order valence-corrected chi connectivity index (χ2v) is 6.13. The summed E-state index contributed by atoms with van der Waals surface area (Å²) in [5.74, 6) is 0. The standard InChI is InChI=1S/C20H25N/c1-21-14-2-3-20-15-18-9-8-16-4-6-17(7-5-16)10-12-19(20)13-11-18/h4-7,11,13,15,21H,2-3,8-10,12,14H2,1H3. The number of aryl methyl sites for hydroxylation is 5. The minimum absolute atomic E-state index is 1.10. The lowest BCUT2D eigenvalue weighted by atomic mass is 9.92. The smallest absolute Gasteiger partial charge is 0.00488 e. The van der Waals surface area contributed by atoms with Gasteiger partial charge in [-0.3, -0.25) is 0 Å². The molecule has 6 rings (SSSR count). The molecule has 4 aliphatic rings. The van der Waals surface area contributed by atoms with Crippen molar-refractivity contribution in [2.75, 3.05) is 13.6 Å². The molecule has 0 saturated heterocycles. The first kappa shape index (κ1) is 14.3. The number of benzene rings is 2. The monoisotopic (exact) mass is 279 g/mol. The zero-order valence-corrected chi connectivity index (χ0v) is 13.0. The molecule has 0 heterocycles. The van der Waals surface area contributed by atoms with Crippen molar-refractivity contribution in [3.63, 3.8) is 0 Å². The van der Waals surface area contributed by atoms with Gasteiger partial charge in [-0.1, -0.05) is 42.5 Å². The Morgan fingerprint density at radius 3 is 2.14 bits per heavy atom. The average Bonchev–Trinajstić information content (AvgIpc) is 2.51. The van der Waals surface area contributed by atoms with Crippen molar-refractivity contribution in [2.24, 2.45) is 0 Å². The van der Waals surface area contributed by atoms with Crippen LogP contribution >= 0.6 is 0 Å². The third-order valence-electron chi connectivity index (χ3n) is 4.55. The lowest BCUT2D eigenvalue weighted by Crippen LogP contribution is -2.09. The molecule has 0 unspecified atom stereocenters. The second-order valence-electron chi connectivity index (χ2n) is 6.13. The molecule has 4 bridgehead atoms. The highest BCUT2D eigenvalue weighted by Crippen LogP contribution is 2.20. The maximum atomic E-state index is 3.25. The van der Waals surface area contributed by atoms with E-state index in [-0.39, 0.29) is 0 Å². The Hall–Kier alpha value is -1.60. The Labute approximate surface area is 128 Å². The fraction of sp³-hybridized carbons (Fsp3) is 0.400. The van der Waals surface area contributed by atoms with Crippen LogP contribution in [0, 0.1) is 0 Å². The highest BCUT2D eigenvalue weighted by atomic mass is 14.8. The van der Waals surface area contributed by atoms with E-state index >= 15 is 0 Å². The minimum Gasteiger partial charge on any atom is -0.320 e. The normalized spacial score (nSPS) is 14.0. The molecule has 2 aromatic carbocycles. The molecule has 0 spiro atoms. The van der Waals surface area contributed by atoms with Gasteiger partial charge in [0.25, 0.3) is 0 Å². The van der Waals surface area contributed by atoms with Crippen LogP contribution in [-0.2, 0) is 32.1 Å². The Morgan fingerprint density at radius 2 is 1.43 bits per heavy atom. The van der Waals surface area contributed by atoms with Crippen LogP contribution in [0.5, 0.6) is 0 Å². The van der Waals surface area contributed by atoms with Gasteiger partial charge in [0.05, 0.1) is 0 Å². The van der Waals surface area contributed by atoms with Gasteiger partial charge in [-0.15, -0.1) is 0 Å². The Morgan fingerprint density at radius 1 is 0.810 bits per heavy atom. The zero-order chi connectivity index (χ0) is 14.5. The highest BCUT2D eigenvalue weighted by molar-refractivity contribution is 5.35.